The van der Waals surface area contributed by atoms with Gasteiger partial charge in [0.05, 0.1) is 7.11 Å². The zero-order valence-electron chi connectivity index (χ0n) is 14.5. The molecule has 0 bridgehead atoms. The molecule has 2 rings (SSSR count). The molecule has 0 unspecified atom stereocenters. The fraction of sp³-hybridized carbons (Fsp3) is 0.333. The topological polar surface area (TPSA) is 21.3 Å². The Morgan fingerprint density at radius 2 is 1.74 bits per heavy atom. The molecule has 0 heterocycles. The van der Waals surface area contributed by atoms with Crippen LogP contribution in [0.1, 0.15) is 49.4 Å². The van der Waals surface area contributed by atoms with Crippen LogP contribution in [0.25, 0.3) is 6.08 Å². The lowest BCUT2D eigenvalue weighted by atomic mass is 10.0. The summed E-state index contributed by atoms with van der Waals surface area (Å²) in [4.78, 5) is 0. The van der Waals surface area contributed by atoms with Gasteiger partial charge in [-0.25, -0.2) is 0 Å². The molecule has 0 aliphatic carbocycles. The quantitative estimate of drug-likeness (QED) is 0.760. The third-order valence-electron chi connectivity index (χ3n) is 4.05. The molecular formula is C21H27NO. The first-order chi connectivity index (χ1) is 11.1. The normalized spacial score (nSPS) is 12.7. The minimum absolute atomic E-state index is 0.290. The van der Waals surface area contributed by atoms with Gasteiger partial charge in [-0.15, -0.1) is 0 Å². The van der Waals surface area contributed by atoms with E-state index >= 15 is 0 Å². The molecule has 23 heavy (non-hydrogen) atoms. The Balaban J connectivity index is 1.85. The van der Waals surface area contributed by atoms with Gasteiger partial charge >= 0.3 is 0 Å². The smallest absolute Gasteiger partial charge is 0.119 e. The van der Waals surface area contributed by atoms with E-state index in [2.05, 4.69) is 74.6 Å². The van der Waals surface area contributed by atoms with Crippen LogP contribution in [0.5, 0.6) is 5.75 Å². The minimum Gasteiger partial charge on any atom is -0.497 e. The van der Waals surface area contributed by atoms with E-state index in [0.29, 0.717) is 5.92 Å². The molecule has 1 N–H and O–H groups in total. The largest absolute Gasteiger partial charge is 0.497 e. The van der Waals surface area contributed by atoms with Gasteiger partial charge in [-0.3, -0.25) is 0 Å². The summed E-state index contributed by atoms with van der Waals surface area (Å²) in [5, 5.41) is 3.51. The van der Waals surface area contributed by atoms with E-state index in [1.807, 2.05) is 12.1 Å². The molecule has 2 aromatic carbocycles. The van der Waals surface area contributed by atoms with Crippen LogP contribution in [0.2, 0.25) is 0 Å². The second-order valence-electron chi connectivity index (χ2n) is 6.13. The maximum Gasteiger partial charge on any atom is 0.119 e. The molecule has 1 atom stereocenters. The molecule has 0 spiro atoms. The maximum absolute atomic E-state index is 5.27. The Hall–Kier alpha value is -2.06. The average Bonchev–Trinajstić information content (AvgIpc) is 2.59. The van der Waals surface area contributed by atoms with Gasteiger partial charge in [-0.05, 0) is 41.7 Å². The van der Waals surface area contributed by atoms with Crippen LogP contribution >= 0.6 is 0 Å². The molecule has 0 amide bonds. The van der Waals surface area contributed by atoms with E-state index in [-0.39, 0.29) is 6.04 Å². The first-order valence-corrected chi connectivity index (χ1v) is 8.24. The highest BCUT2D eigenvalue weighted by molar-refractivity contribution is 5.50. The van der Waals surface area contributed by atoms with Crippen LogP contribution in [0.4, 0.5) is 0 Å². The van der Waals surface area contributed by atoms with Crippen molar-refractivity contribution in [2.24, 2.45) is 0 Å². The lowest BCUT2D eigenvalue weighted by Crippen LogP contribution is -2.18. The third kappa shape index (κ3) is 5.26. The predicted molar refractivity (Wildman–Crippen MR) is 99.0 cm³/mol. The SMILES string of the molecule is COc1cccc([C@@H](C)NCC=Cc2ccc(C(C)C)cc2)c1. The van der Waals surface area contributed by atoms with Crippen LogP contribution in [0.15, 0.2) is 54.6 Å². The second-order valence-corrected chi connectivity index (χ2v) is 6.13. The Labute approximate surface area is 140 Å². The van der Waals surface area contributed by atoms with Crippen molar-refractivity contribution in [3.63, 3.8) is 0 Å². The number of rotatable bonds is 7. The first-order valence-electron chi connectivity index (χ1n) is 8.24. The summed E-state index contributed by atoms with van der Waals surface area (Å²) >= 11 is 0. The molecule has 0 aliphatic heterocycles. The van der Waals surface area contributed by atoms with Gasteiger partial charge in [-0.1, -0.05) is 62.4 Å². The monoisotopic (exact) mass is 309 g/mol. The van der Waals surface area contributed by atoms with Gasteiger partial charge in [0.25, 0.3) is 0 Å². The maximum atomic E-state index is 5.27. The number of benzene rings is 2. The summed E-state index contributed by atoms with van der Waals surface area (Å²) < 4.78 is 5.27. The summed E-state index contributed by atoms with van der Waals surface area (Å²) in [6, 6.07) is 17.2. The summed E-state index contributed by atoms with van der Waals surface area (Å²) in [6.45, 7) is 7.44. The van der Waals surface area contributed by atoms with Gasteiger partial charge in [0.1, 0.15) is 5.75 Å². The van der Waals surface area contributed by atoms with Crippen molar-refractivity contribution in [2.45, 2.75) is 32.7 Å². The van der Waals surface area contributed by atoms with E-state index in [1.54, 1.807) is 7.11 Å². The van der Waals surface area contributed by atoms with Crippen molar-refractivity contribution in [2.75, 3.05) is 13.7 Å². The lowest BCUT2D eigenvalue weighted by molar-refractivity contribution is 0.413. The molecule has 0 fully saturated rings. The fourth-order valence-corrected chi connectivity index (χ4v) is 2.46. The van der Waals surface area contributed by atoms with E-state index in [4.69, 9.17) is 4.74 Å². The molecule has 2 aromatic rings. The van der Waals surface area contributed by atoms with Crippen LogP contribution in [0.3, 0.4) is 0 Å². The molecule has 0 aromatic heterocycles. The van der Waals surface area contributed by atoms with E-state index in [0.717, 1.165) is 12.3 Å². The van der Waals surface area contributed by atoms with Crippen LogP contribution < -0.4 is 10.1 Å². The van der Waals surface area contributed by atoms with Gasteiger partial charge < -0.3 is 10.1 Å². The van der Waals surface area contributed by atoms with Gasteiger partial charge in [0.2, 0.25) is 0 Å². The highest BCUT2D eigenvalue weighted by Gasteiger charge is 2.04. The summed E-state index contributed by atoms with van der Waals surface area (Å²) in [6.07, 6.45) is 4.33. The van der Waals surface area contributed by atoms with E-state index in [9.17, 15) is 0 Å². The fourth-order valence-electron chi connectivity index (χ4n) is 2.46. The molecule has 0 aliphatic rings. The van der Waals surface area contributed by atoms with Crippen LogP contribution in [0, 0.1) is 0 Å². The molecule has 0 saturated heterocycles. The first kappa shape index (κ1) is 17.3. The summed E-state index contributed by atoms with van der Waals surface area (Å²) in [7, 11) is 1.70. The third-order valence-corrected chi connectivity index (χ3v) is 4.05. The molecule has 0 saturated carbocycles. The number of ether oxygens (including phenoxy) is 1. The number of methoxy groups -OCH3 is 1. The summed E-state index contributed by atoms with van der Waals surface area (Å²) in [5.41, 5.74) is 3.86. The molecule has 2 nitrogen and oxygen atoms in total. The highest BCUT2D eigenvalue weighted by Crippen LogP contribution is 2.18. The summed E-state index contributed by atoms with van der Waals surface area (Å²) in [5.74, 6) is 1.48. The van der Waals surface area contributed by atoms with Gasteiger partial charge in [-0.2, -0.15) is 0 Å². The van der Waals surface area contributed by atoms with Gasteiger partial charge in [0.15, 0.2) is 0 Å². The Morgan fingerprint density at radius 3 is 2.39 bits per heavy atom. The zero-order valence-corrected chi connectivity index (χ0v) is 14.5. The molecular weight excluding hydrogens is 282 g/mol. The van der Waals surface area contributed by atoms with Crippen molar-refractivity contribution in [1.29, 1.82) is 0 Å². The Kier molecular flexibility index (Phi) is 6.42. The second kappa shape index (κ2) is 8.54. The Bertz CT molecular complexity index is 629. The average molecular weight is 309 g/mol. The highest BCUT2D eigenvalue weighted by atomic mass is 16.5. The molecule has 2 heteroatoms. The minimum atomic E-state index is 0.290. The zero-order chi connectivity index (χ0) is 16.7. The van der Waals surface area contributed by atoms with Gasteiger partial charge in [0, 0.05) is 12.6 Å². The standard InChI is InChI=1S/C21H27NO/c1-16(2)19-12-10-18(11-13-19)7-6-14-22-17(3)20-8-5-9-21(15-20)23-4/h5-13,15-17,22H,14H2,1-4H3/t17-/m1/s1. The van der Waals surface area contributed by atoms with Crippen molar-refractivity contribution in [3.8, 4) is 5.75 Å². The predicted octanol–water partition coefficient (Wildman–Crippen LogP) is 5.18. The molecule has 122 valence electrons. The van der Waals surface area contributed by atoms with Crippen LogP contribution in [-0.4, -0.2) is 13.7 Å². The number of hydrogen-bond donors (Lipinski definition) is 1. The number of nitrogens with one attached hydrogen (secondary N) is 1. The van der Waals surface area contributed by atoms with E-state index in [1.165, 1.54) is 16.7 Å². The van der Waals surface area contributed by atoms with Crippen molar-refractivity contribution >= 4 is 6.08 Å². The van der Waals surface area contributed by atoms with Crippen molar-refractivity contribution < 1.29 is 4.74 Å². The number of hydrogen-bond acceptors (Lipinski definition) is 2. The molecule has 0 radical (unpaired) electrons. The lowest BCUT2D eigenvalue weighted by Gasteiger charge is -2.13. The van der Waals surface area contributed by atoms with E-state index < -0.39 is 0 Å². The van der Waals surface area contributed by atoms with Crippen molar-refractivity contribution in [1.82, 2.24) is 5.32 Å². The van der Waals surface area contributed by atoms with Crippen LogP contribution in [-0.2, 0) is 0 Å². The Morgan fingerprint density at radius 1 is 1.00 bits per heavy atom. The van der Waals surface area contributed by atoms with Crippen molar-refractivity contribution in [3.05, 3.63) is 71.3 Å².